The average Bonchev–Trinajstić information content (AvgIpc) is 1.18. The average molecular weight is 1570 g/mol. The van der Waals surface area contributed by atoms with E-state index in [9.17, 15) is 166 Å². The largest absolute Gasteiger partial charge is 0.504 e. The highest BCUT2D eigenvalue weighted by Gasteiger charge is 2.56. The zero-order valence-corrected chi connectivity index (χ0v) is 55.0. The number of rotatable bonds is 10. The zero-order chi connectivity index (χ0) is 81.7. The number of ether oxygens (including phenoxy) is 11. The summed E-state index contributed by atoms with van der Waals surface area (Å²) in [6.07, 6.45) is -25.8. The molecule has 0 saturated carbocycles. The Labute approximate surface area is 616 Å². The second-order valence-corrected chi connectivity index (χ2v) is 24.2. The third-order valence-corrected chi connectivity index (χ3v) is 17.4. The van der Waals surface area contributed by atoms with Crippen LogP contribution in [-0.2, 0) is 47.4 Å². The molecule has 8 aromatic rings. The van der Waals surface area contributed by atoms with Gasteiger partial charge in [0, 0.05) is 34.4 Å². The van der Waals surface area contributed by atoms with Gasteiger partial charge >= 0.3 is 47.8 Å². The summed E-state index contributed by atoms with van der Waals surface area (Å²) >= 11 is 0. The highest BCUT2D eigenvalue weighted by atomic mass is 16.7. The molecule has 44 nitrogen and oxygen atoms in total. The number of aliphatic hydroxyl groups excluding tert-OH is 2. The number of aromatic hydroxyl groups is 23. The number of benzene rings is 8. The lowest BCUT2D eigenvalue weighted by Crippen LogP contribution is -2.62. The summed E-state index contributed by atoms with van der Waals surface area (Å²) in [5, 5.41) is 271. The number of carbonyl (C=O) groups excluding carboxylic acids is 8. The minimum Gasteiger partial charge on any atom is -0.504 e. The van der Waals surface area contributed by atoms with Crippen LogP contribution in [-0.4, -0.2) is 250 Å². The Kier molecular flexibility index (Phi) is 19.3. The predicted molar refractivity (Wildman–Crippen MR) is 345 cm³/mol. The van der Waals surface area contributed by atoms with Gasteiger partial charge in [0.15, 0.2) is 158 Å². The van der Waals surface area contributed by atoms with Gasteiger partial charge in [-0.05, 0) is 54.6 Å². The van der Waals surface area contributed by atoms with Crippen LogP contribution in [0.2, 0.25) is 0 Å². The minimum atomic E-state index is -2.83. The van der Waals surface area contributed by atoms with Crippen molar-refractivity contribution in [2.24, 2.45) is 0 Å². The molecule has 0 radical (unpaired) electrons. The molecule has 0 amide bonds. The number of phenols is 23. The van der Waals surface area contributed by atoms with Gasteiger partial charge in [0.05, 0.1) is 38.9 Å². The molecule has 586 valence electrons. The van der Waals surface area contributed by atoms with Crippen LogP contribution in [0.5, 0.6) is 144 Å². The summed E-state index contributed by atoms with van der Waals surface area (Å²) < 4.78 is 60.7. The molecule has 44 heteroatoms. The number of fused-ring (bicyclic) bond motifs is 8. The van der Waals surface area contributed by atoms with Gasteiger partial charge in [-0.25, -0.2) is 38.4 Å². The number of aliphatic hydroxyl groups is 2. The topological polar surface area (TPSA) is 744 Å². The van der Waals surface area contributed by atoms with Gasteiger partial charge < -0.3 is 180 Å². The fourth-order valence-electron chi connectivity index (χ4n) is 11.9. The van der Waals surface area contributed by atoms with Crippen molar-refractivity contribution in [2.45, 2.75) is 61.4 Å². The van der Waals surface area contributed by atoms with Crippen molar-refractivity contribution in [3.05, 3.63) is 111 Å². The predicted octanol–water partition coefficient (Wildman–Crippen LogP) is 1.77. The van der Waals surface area contributed by atoms with E-state index in [1.165, 1.54) is 0 Å². The van der Waals surface area contributed by atoms with Crippen molar-refractivity contribution in [2.75, 3.05) is 13.2 Å². The van der Waals surface area contributed by atoms with Crippen LogP contribution in [0.15, 0.2) is 66.7 Å². The van der Waals surface area contributed by atoms with Gasteiger partial charge in [0.1, 0.15) is 31.0 Å². The molecule has 2 saturated heterocycles. The lowest BCUT2D eigenvalue weighted by molar-refractivity contribution is -0.284. The fourth-order valence-corrected chi connectivity index (χ4v) is 11.9. The monoisotopic (exact) mass is 1570 g/mol. The van der Waals surface area contributed by atoms with E-state index in [0.29, 0.717) is 48.5 Å². The van der Waals surface area contributed by atoms with Crippen molar-refractivity contribution < 1.29 is 218 Å². The molecule has 4 aliphatic rings. The van der Waals surface area contributed by atoms with Crippen LogP contribution < -0.4 is 4.74 Å². The van der Waals surface area contributed by atoms with Gasteiger partial charge in [-0.2, -0.15) is 0 Å². The lowest BCUT2D eigenvalue weighted by Gasteiger charge is -2.42. The normalized spacial score (nSPS) is 20.7. The molecule has 0 unspecified atom stereocenters. The molecule has 0 bridgehead atoms. The summed E-state index contributed by atoms with van der Waals surface area (Å²) in [6, 6.07) is 4.32. The van der Waals surface area contributed by atoms with Crippen LogP contribution in [0.1, 0.15) is 82.9 Å². The quantitative estimate of drug-likeness (QED) is 0.0401. The molecule has 12 rings (SSSR count). The molecule has 0 aliphatic carbocycles. The number of cyclic esters (lactones) is 2. The smallest absolute Gasteiger partial charge is 0.342 e. The van der Waals surface area contributed by atoms with E-state index in [1.807, 2.05) is 0 Å². The molecule has 8 aromatic carbocycles. The van der Waals surface area contributed by atoms with Crippen LogP contribution in [0.3, 0.4) is 0 Å². The minimum absolute atomic E-state index is 0.166. The SMILES string of the molecule is O=C(O[C@@H]1[C@@H](OC(=O)c2cc(O)c(O)c(Oc3cc4c(c(O)c3O)-c3c(cc(O)c(O)c3O)C(=O)O[C@H]3[C@H](OC(=O)c5cc(O)c(O)c(O)c5)[C@@H](OC(=O)c5cc(O)c(O)c(O)c5)[C@H](O)O[C@@H]3COC4=O)c2O)[C@H](O)O[C@@H]2COC(=O)c3cc(O)c(O)c(O)c3-c3c(cc(O)c(O)c3O)C(=O)O[C@@H]12)c1cc(O)c(O)c(O)c1. The number of esters is 8. The molecule has 4 aliphatic heterocycles. The number of phenolic OH excluding ortho intramolecular Hbond substituents is 23. The van der Waals surface area contributed by atoms with E-state index in [-0.39, 0.29) is 18.2 Å². The second kappa shape index (κ2) is 28.4. The molecule has 4 heterocycles. The van der Waals surface area contributed by atoms with Crippen LogP contribution >= 0.6 is 0 Å². The highest BCUT2D eigenvalue weighted by Crippen LogP contribution is 2.58. The summed E-state index contributed by atoms with van der Waals surface area (Å²) in [7, 11) is 0. The first-order valence-electron chi connectivity index (χ1n) is 31.1. The molecule has 25 N–H and O–H groups in total. The number of hydrogen-bond donors (Lipinski definition) is 25. The molecule has 112 heavy (non-hydrogen) atoms. The molecule has 10 atom stereocenters. The van der Waals surface area contributed by atoms with Gasteiger partial charge in [-0.15, -0.1) is 0 Å². The maximum absolute atomic E-state index is 14.8. The van der Waals surface area contributed by atoms with Crippen LogP contribution in [0.4, 0.5) is 0 Å². The number of hydrogen-bond acceptors (Lipinski definition) is 44. The highest BCUT2D eigenvalue weighted by molar-refractivity contribution is 6.10. The Hall–Kier alpha value is -15.4. The van der Waals surface area contributed by atoms with E-state index in [0.717, 1.165) is 0 Å². The Morgan fingerprint density at radius 1 is 0.304 bits per heavy atom. The molecule has 0 aromatic heterocycles. The van der Waals surface area contributed by atoms with Gasteiger partial charge in [-0.3, -0.25) is 0 Å². The first kappa shape index (κ1) is 76.2. The summed E-state index contributed by atoms with van der Waals surface area (Å²) in [4.78, 5) is 115. The van der Waals surface area contributed by atoms with E-state index in [4.69, 9.17) is 52.1 Å². The Morgan fingerprint density at radius 3 is 0.938 bits per heavy atom. The van der Waals surface area contributed by atoms with Crippen LogP contribution in [0.25, 0.3) is 22.3 Å². The van der Waals surface area contributed by atoms with Crippen molar-refractivity contribution in [1.82, 2.24) is 0 Å². The summed E-state index contributed by atoms with van der Waals surface area (Å²) in [5.74, 6) is -50.4. The van der Waals surface area contributed by atoms with Crippen molar-refractivity contribution in [1.29, 1.82) is 0 Å². The van der Waals surface area contributed by atoms with Crippen molar-refractivity contribution in [3.63, 3.8) is 0 Å². The Balaban J connectivity index is 0.919. The van der Waals surface area contributed by atoms with E-state index in [2.05, 4.69) is 0 Å². The van der Waals surface area contributed by atoms with Crippen LogP contribution in [0, 0.1) is 0 Å². The lowest BCUT2D eigenvalue weighted by atomic mass is 9.91. The first-order chi connectivity index (χ1) is 52.7. The Morgan fingerprint density at radius 2 is 0.589 bits per heavy atom. The third-order valence-electron chi connectivity index (χ3n) is 17.4. The third kappa shape index (κ3) is 13.2. The van der Waals surface area contributed by atoms with E-state index < -0.39 is 333 Å². The van der Waals surface area contributed by atoms with Gasteiger partial charge in [0.25, 0.3) is 0 Å². The van der Waals surface area contributed by atoms with Gasteiger partial charge in [0.2, 0.25) is 34.5 Å². The maximum Gasteiger partial charge on any atom is 0.342 e. The van der Waals surface area contributed by atoms with E-state index >= 15 is 0 Å². The van der Waals surface area contributed by atoms with Crippen molar-refractivity contribution >= 4 is 47.8 Å². The molecular weight excluding hydrogens is 1520 g/mol. The van der Waals surface area contributed by atoms with E-state index in [1.54, 1.807) is 0 Å². The van der Waals surface area contributed by atoms with Gasteiger partial charge in [-0.1, -0.05) is 0 Å². The molecule has 2 fully saturated rings. The summed E-state index contributed by atoms with van der Waals surface area (Å²) in [6.45, 7) is -2.78. The van der Waals surface area contributed by atoms with Crippen molar-refractivity contribution in [3.8, 4) is 166 Å². The maximum atomic E-state index is 14.8. The fraction of sp³-hybridized carbons (Fsp3) is 0.176. The Bertz CT molecular complexity index is 5320. The second-order valence-electron chi connectivity index (χ2n) is 24.2. The standard InChI is InChI=1S/C68H50O44/c69-22-1-14(2-23(70)40(22)80)59(92)109-55-52-34(105-67(100)57(55)111-61(94)16-5-26(73)42(82)27(74)6-16)13-103-63(96)20-11-32(47(87)51(91)38(20)37-19(65(98)107-52)9-30(77)45(85)50(37)90)104-54-39(79)21(10-31(78)46(54)86)66(99)112-58-56(110-60(93)15-3-24(71)41(81)25(72)4-15)53-33(106-68(58)101)12-102-62(95)17-7-28(75)43(83)48(88)35(17)36-18(64(97)108-53)8-29(76)44(84)49(36)89/h1-11,33-34,52-53,55-58,67-91,100-101H,12-13H2/t33-,34-,52-,53-,55+,56+,57-,58-,67-,68-/m1/s1. The number of carbonyl (C=O) groups is 8. The zero-order valence-electron chi connectivity index (χ0n) is 55.0. The molecular formula is C68H50O44. The summed E-state index contributed by atoms with van der Waals surface area (Å²) in [5.41, 5.74) is -14.0. The molecule has 0 spiro atoms. The first-order valence-corrected chi connectivity index (χ1v) is 31.1.